The van der Waals surface area contributed by atoms with Gasteiger partial charge in [0, 0.05) is 12.1 Å². The van der Waals surface area contributed by atoms with Crippen LogP contribution in [0.3, 0.4) is 0 Å². The Bertz CT molecular complexity index is 359. The highest BCUT2D eigenvalue weighted by Crippen LogP contribution is 2.31. The Labute approximate surface area is 89.1 Å². The molecule has 1 aromatic rings. The molecule has 0 aromatic heterocycles. The third kappa shape index (κ3) is 1.90. The van der Waals surface area contributed by atoms with Crippen LogP contribution in [0.4, 0.5) is 4.39 Å². The van der Waals surface area contributed by atoms with Crippen molar-refractivity contribution in [3.05, 3.63) is 35.1 Å². The Morgan fingerprint density at radius 1 is 1.47 bits per heavy atom. The molecule has 82 valence electrons. The number of halogens is 1. The predicted octanol–water partition coefficient (Wildman–Crippen LogP) is 1.71. The van der Waals surface area contributed by atoms with Gasteiger partial charge >= 0.3 is 0 Å². The number of piperidine rings is 1. The summed E-state index contributed by atoms with van der Waals surface area (Å²) in [6.45, 7) is 3.06. The van der Waals surface area contributed by atoms with Gasteiger partial charge in [-0.05, 0) is 31.9 Å². The number of hydrogen-bond donors (Lipinski definition) is 2. The first-order valence-electron chi connectivity index (χ1n) is 5.32. The Morgan fingerprint density at radius 3 is 2.93 bits per heavy atom. The summed E-state index contributed by atoms with van der Waals surface area (Å²) in [5.74, 6) is -0.274. The fraction of sp³-hybridized carbons (Fsp3) is 0.500. The van der Waals surface area contributed by atoms with Gasteiger partial charge in [0.05, 0.1) is 0 Å². The average molecular weight is 209 g/mol. The number of aliphatic hydroxyl groups is 1. The first-order chi connectivity index (χ1) is 7.13. The van der Waals surface area contributed by atoms with Crippen LogP contribution in [0.2, 0.25) is 0 Å². The van der Waals surface area contributed by atoms with Gasteiger partial charge in [-0.1, -0.05) is 18.2 Å². The maximum Gasteiger partial charge on any atom is 0.132 e. The van der Waals surface area contributed by atoms with Crippen LogP contribution in [0.15, 0.2) is 18.2 Å². The van der Waals surface area contributed by atoms with Gasteiger partial charge < -0.3 is 10.4 Å². The van der Waals surface area contributed by atoms with Crippen molar-refractivity contribution in [2.45, 2.75) is 25.4 Å². The minimum absolute atomic E-state index is 0.274. The molecule has 1 aromatic carbocycles. The maximum absolute atomic E-state index is 13.8. The van der Waals surface area contributed by atoms with E-state index in [9.17, 15) is 9.50 Å². The molecule has 0 bridgehead atoms. The van der Waals surface area contributed by atoms with E-state index in [1.54, 1.807) is 25.1 Å². The molecule has 15 heavy (non-hydrogen) atoms. The van der Waals surface area contributed by atoms with E-state index in [0.29, 0.717) is 24.1 Å². The predicted molar refractivity (Wildman–Crippen MR) is 57.1 cm³/mol. The van der Waals surface area contributed by atoms with Gasteiger partial charge in [0.15, 0.2) is 0 Å². The molecule has 1 unspecified atom stereocenters. The fourth-order valence-electron chi connectivity index (χ4n) is 2.13. The maximum atomic E-state index is 13.8. The molecule has 1 saturated heterocycles. The highest BCUT2D eigenvalue weighted by molar-refractivity contribution is 5.30. The summed E-state index contributed by atoms with van der Waals surface area (Å²) >= 11 is 0. The summed E-state index contributed by atoms with van der Waals surface area (Å²) in [6.07, 6.45) is 1.50. The molecule has 0 amide bonds. The van der Waals surface area contributed by atoms with E-state index in [1.165, 1.54) is 0 Å². The van der Waals surface area contributed by atoms with Crippen LogP contribution in [0, 0.1) is 12.7 Å². The van der Waals surface area contributed by atoms with Crippen LogP contribution in [-0.2, 0) is 5.60 Å². The number of hydrogen-bond acceptors (Lipinski definition) is 2. The van der Waals surface area contributed by atoms with Crippen molar-refractivity contribution in [1.82, 2.24) is 5.32 Å². The lowest BCUT2D eigenvalue weighted by atomic mass is 9.85. The molecule has 0 spiro atoms. The Balaban J connectivity index is 2.39. The van der Waals surface area contributed by atoms with E-state index in [0.717, 1.165) is 13.0 Å². The average Bonchev–Trinajstić information content (AvgIpc) is 2.23. The second-order valence-corrected chi connectivity index (χ2v) is 4.25. The summed E-state index contributed by atoms with van der Waals surface area (Å²) < 4.78 is 13.8. The van der Waals surface area contributed by atoms with Crippen LogP contribution in [0.5, 0.6) is 0 Å². The van der Waals surface area contributed by atoms with E-state index in [2.05, 4.69) is 5.32 Å². The van der Waals surface area contributed by atoms with Crippen LogP contribution < -0.4 is 5.32 Å². The van der Waals surface area contributed by atoms with Crippen molar-refractivity contribution in [2.75, 3.05) is 13.1 Å². The minimum atomic E-state index is -1.03. The van der Waals surface area contributed by atoms with Gasteiger partial charge in [-0.15, -0.1) is 0 Å². The molecule has 3 heteroatoms. The van der Waals surface area contributed by atoms with Crippen LogP contribution in [0.1, 0.15) is 24.0 Å². The van der Waals surface area contributed by atoms with Gasteiger partial charge in [0.2, 0.25) is 0 Å². The van der Waals surface area contributed by atoms with E-state index in [1.807, 2.05) is 0 Å². The van der Waals surface area contributed by atoms with E-state index >= 15 is 0 Å². The molecular weight excluding hydrogens is 193 g/mol. The molecule has 1 aliphatic heterocycles. The molecule has 0 saturated carbocycles. The molecule has 1 fully saturated rings. The third-order valence-corrected chi connectivity index (χ3v) is 3.05. The highest BCUT2D eigenvalue weighted by Gasteiger charge is 2.33. The fourth-order valence-corrected chi connectivity index (χ4v) is 2.13. The van der Waals surface area contributed by atoms with Crippen molar-refractivity contribution in [3.63, 3.8) is 0 Å². The second kappa shape index (κ2) is 3.91. The lowest BCUT2D eigenvalue weighted by Gasteiger charge is -2.33. The standard InChI is InChI=1S/C12H16FNO/c1-9-4-2-5-10(11(9)13)12(15)6-3-7-14-8-12/h2,4-5,14-15H,3,6-8H2,1H3. The quantitative estimate of drug-likeness (QED) is 0.738. The molecule has 1 aliphatic rings. The molecule has 1 atom stereocenters. The van der Waals surface area contributed by atoms with Gasteiger partial charge in [-0.2, -0.15) is 0 Å². The Morgan fingerprint density at radius 2 is 2.27 bits per heavy atom. The SMILES string of the molecule is Cc1cccc(C2(O)CCCNC2)c1F. The van der Waals surface area contributed by atoms with E-state index in [-0.39, 0.29) is 5.82 Å². The molecule has 2 N–H and O–H groups in total. The van der Waals surface area contributed by atoms with Crippen LogP contribution >= 0.6 is 0 Å². The molecular formula is C12H16FNO. The number of β-amino-alcohol motifs (C(OH)–C–C–N with tert-alkyl or cyclic N) is 1. The normalized spacial score (nSPS) is 26.6. The van der Waals surface area contributed by atoms with Gasteiger partial charge in [0.25, 0.3) is 0 Å². The number of aryl methyl sites for hydroxylation is 1. The Kier molecular flexibility index (Phi) is 2.76. The van der Waals surface area contributed by atoms with Gasteiger partial charge in [-0.25, -0.2) is 4.39 Å². The molecule has 0 radical (unpaired) electrons. The van der Waals surface area contributed by atoms with Crippen molar-refractivity contribution in [2.24, 2.45) is 0 Å². The van der Waals surface area contributed by atoms with Crippen LogP contribution in [-0.4, -0.2) is 18.2 Å². The van der Waals surface area contributed by atoms with Crippen molar-refractivity contribution in [1.29, 1.82) is 0 Å². The summed E-state index contributed by atoms with van der Waals surface area (Å²) in [5, 5.41) is 13.4. The zero-order valence-electron chi connectivity index (χ0n) is 8.89. The first-order valence-corrected chi connectivity index (χ1v) is 5.32. The largest absolute Gasteiger partial charge is 0.384 e. The van der Waals surface area contributed by atoms with E-state index < -0.39 is 5.60 Å². The minimum Gasteiger partial charge on any atom is -0.384 e. The highest BCUT2D eigenvalue weighted by atomic mass is 19.1. The molecule has 2 nitrogen and oxygen atoms in total. The monoisotopic (exact) mass is 209 g/mol. The molecule has 1 heterocycles. The van der Waals surface area contributed by atoms with Gasteiger partial charge in [0.1, 0.15) is 11.4 Å². The topological polar surface area (TPSA) is 32.3 Å². The first kappa shape index (κ1) is 10.6. The van der Waals surface area contributed by atoms with Crippen LogP contribution in [0.25, 0.3) is 0 Å². The van der Waals surface area contributed by atoms with Crippen molar-refractivity contribution in [3.8, 4) is 0 Å². The van der Waals surface area contributed by atoms with Gasteiger partial charge in [-0.3, -0.25) is 0 Å². The zero-order chi connectivity index (χ0) is 10.9. The lowest BCUT2D eigenvalue weighted by Crippen LogP contribution is -2.43. The lowest BCUT2D eigenvalue weighted by molar-refractivity contribution is 0.00899. The zero-order valence-corrected chi connectivity index (χ0v) is 8.89. The Hall–Kier alpha value is -0.930. The van der Waals surface area contributed by atoms with Crippen molar-refractivity contribution >= 4 is 0 Å². The molecule has 0 aliphatic carbocycles. The smallest absolute Gasteiger partial charge is 0.132 e. The van der Waals surface area contributed by atoms with Crippen molar-refractivity contribution < 1.29 is 9.50 Å². The summed E-state index contributed by atoms with van der Waals surface area (Å²) in [4.78, 5) is 0. The summed E-state index contributed by atoms with van der Waals surface area (Å²) in [5.41, 5.74) is -0.0184. The summed E-state index contributed by atoms with van der Waals surface area (Å²) in [6, 6.07) is 5.19. The summed E-state index contributed by atoms with van der Waals surface area (Å²) in [7, 11) is 0. The number of rotatable bonds is 1. The molecule has 2 rings (SSSR count). The second-order valence-electron chi connectivity index (χ2n) is 4.25. The third-order valence-electron chi connectivity index (χ3n) is 3.05. The number of nitrogens with one attached hydrogen (secondary N) is 1. The van der Waals surface area contributed by atoms with E-state index in [4.69, 9.17) is 0 Å². The number of benzene rings is 1.